The van der Waals surface area contributed by atoms with Crippen molar-refractivity contribution in [1.82, 2.24) is 4.98 Å². The number of hydrogen-bond donors (Lipinski definition) is 1. The summed E-state index contributed by atoms with van der Waals surface area (Å²) in [4.78, 5) is 14.5. The zero-order valence-corrected chi connectivity index (χ0v) is 8.91. The molecule has 0 aliphatic rings. The molecule has 1 aromatic heterocycles. The second-order valence-corrected chi connectivity index (χ2v) is 2.91. The first-order valence-corrected chi connectivity index (χ1v) is 4.32. The van der Waals surface area contributed by atoms with Crippen LogP contribution in [0.2, 0.25) is 0 Å². The van der Waals surface area contributed by atoms with E-state index >= 15 is 0 Å². The Bertz CT molecular complexity index is 522. The highest BCUT2D eigenvalue weighted by molar-refractivity contribution is 5.96. The lowest BCUT2D eigenvalue weighted by atomic mass is 10.2. The van der Waals surface area contributed by atoms with Crippen LogP contribution in [-0.4, -0.2) is 24.4 Å². The van der Waals surface area contributed by atoms with Gasteiger partial charge in [0.25, 0.3) is 0 Å². The van der Waals surface area contributed by atoms with E-state index in [0.717, 1.165) is 13.3 Å². The third-order valence-electron chi connectivity index (χ3n) is 1.80. The summed E-state index contributed by atoms with van der Waals surface area (Å²) < 4.78 is 44.2. The van der Waals surface area contributed by atoms with E-state index in [-0.39, 0.29) is 0 Å². The van der Waals surface area contributed by atoms with Gasteiger partial charge in [-0.25, -0.2) is 9.78 Å². The van der Waals surface area contributed by atoms with Gasteiger partial charge in [-0.1, -0.05) is 0 Å². The average molecular weight is 261 g/mol. The Labute approximate surface area is 98.7 Å². The van der Waals surface area contributed by atoms with Gasteiger partial charge < -0.3 is 15.2 Å². The number of pyridine rings is 1. The number of hydrogen-bond acceptors (Lipinski definition) is 6. The first-order chi connectivity index (χ1) is 8.30. The molecule has 0 aliphatic heterocycles. The number of ether oxygens (including phenoxy) is 2. The van der Waals surface area contributed by atoms with Crippen LogP contribution in [0.3, 0.4) is 0 Å². The maximum absolute atomic E-state index is 12.1. The number of carbonyl (C=O) groups is 1. The number of anilines is 1. The molecule has 0 aromatic carbocycles. The fourth-order valence-electron chi connectivity index (χ4n) is 1.08. The molecule has 6 nitrogen and oxygen atoms in total. The Kier molecular flexibility index (Phi) is 3.61. The molecule has 0 radical (unpaired) electrons. The van der Waals surface area contributed by atoms with Crippen LogP contribution in [-0.2, 0) is 4.74 Å². The van der Waals surface area contributed by atoms with Crippen LogP contribution in [0.1, 0.15) is 16.1 Å². The Balaban J connectivity index is 3.37. The SMILES string of the molecule is COC(=O)c1cnc(C#N)c(OC(F)(F)F)c1N. The van der Waals surface area contributed by atoms with Crippen molar-refractivity contribution in [3.05, 3.63) is 17.5 Å². The standard InChI is InChI=1S/C9H6F3N3O3/c1-17-8(16)4-3-15-5(2-13)7(6(4)14)18-9(10,11)12/h3H,1H3,(H2,14,15). The van der Waals surface area contributed by atoms with Crippen LogP contribution >= 0.6 is 0 Å². The minimum atomic E-state index is -5.06. The highest BCUT2D eigenvalue weighted by atomic mass is 19.4. The summed E-state index contributed by atoms with van der Waals surface area (Å²) in [6, 6.07) is 1.37. The number of carbonyl (C=O) groups excluding carboxylic acids is 1. The van der Waals surface area contributed by atoms with Crippen LogP contribution in [0.4, 0.5) is 18.9 Å². The molecule has 0 fully saturated rings. The van der Waals surface area contributed by atoms with Crippen molar-refractivity contribution in [2.24, 2.45) is 0 Å². The van der Waals surface area contributed by atoms with Gasteiger partial charge in [0.1, 0.15) is 11.6 Å². The van der Waals surface area contributed by atoms with E-state index in [1.807, 2.05) is 0 Å². The molecule has 0 bridgehead atoms. The van der Waals surface area contributed by atoms with Gasteiger partial charge in [0.15, 0.2) is 11.4 Å². The highest BCUT2D eigenvalue weighted by Crippen LogP contribution is 2.33. The van der Waals surface area contributed by atoms with Gasteiger partial charge in [0, 0.05) is 6.20 Å². The molecule has 1 rings (SSSR count). The number of aromatic nitrogens is 1. The van der Waals surface area contributed by atoms with Crippen molar-refractivity contribution < 1.29 is 27.4 Å². The molecule has 2 N–H and O–H groups in total. The fraction of sp³-hybridized carbons (Fsp3) is 0.222. The Morgan fingerprint density at radius 1 is 1.56 bits per heavy atom. The first kappa shape index (κ1) is 13.6. The second kappa shape index (κ2) is 4.79. The van der Waals surface area contributed by atoms with Gasteiger partial charge in [-0.05, 0) is 0 Å². The molecule has 9 heteroatoms. The molecule has 0 aliphatic carbocycles. The van der Waals surface area contributed by atoms with Crippen molar-refractivity contribution in [1.29, 1.82) is 5.26 Å². The molecular weight excluding hydrogens is 255 g/mol. The second-order valence-electron chi connectivity index (χ2n) is 2.91. The summed E-state index contributed by atoms with van der Waals surface area (Å²) in [5.74, 6) is -2.01. The zero-order valence-electron chi connectivity index (χ0n) is 8.91. The van der Waals surface area contributed by atoms with Crippen LogP contribution in [0.25, 0.3) is 0 Å². The van der Waals surface area contributed by atoms with Crippen molar-refractivity contribution in [3.63, 3.8) is 0 Å². The van der Waals surface area contributed by atoms with Crippen molar-refractivity contribution in [3.8, 4) is 11.8 Å². The normalized spacial score (nSPS) is 10.6. The number of methoxy groups -OCH3 is 1. The van der Waals surface area contributed by atoms with Crippen LogP contribution in [0.15, 0.2) is 6.20 Å². The van der Waals surface area contributed by atoms with E-state index in [1.54, 1.807) is 0 Å². The zero-order chi connectivity index (χ0) is 13.9. The van der Waals surface area contributed by atoms with Crippen molar-refractivity contribution in [2.45, 2.75) is 6.36 Å². The number of alkyl halides is 3. The molecule has 18 heavy (non-hydrogen) atoms. The predicted molar refractivity (Wildman–Crippen MR) is 51.4 cm³/mol. The molecule has 0 spiro atoms. The molecule has 0 amide bonds. The quantitative estimate of drug-likeness (QED) is 0.803. The van der Waals surface area contributed by atoms with Gasteiger partial charge in [-0.15, -0.1) is 13.2 Å². The van der Waals surface area contributed by atoms with Crippen molar-refractivity contribution in [2.75, 3.05) is 12.8 Å². The maximum atomic E-state index is 12.1. The van der Waals surface area contributed by atoms with E-state index in [1.165, 1.54) is 6.07 Å². The van der Waals surface area contributed by atoms with Crippen LogP contribution in [0.5, 0.6) is 5.75 Å². The van der Waals surface area contributed by atoms with Crippen LogP contribution < -0.4 is 10.5 Å². The van der Waals surface area contributed by atoms with Gasteiger partial charge in [-0.3, -0.25) is 0 Å². The summed E-state index contributed by atoms with van der Waals surface area (Å²) >= 11 is 0. The minimum Gasteiger partial charge on any atom is -0.465 e. The number of halogens is 3. The molecule has 0 saturated carbocycles. The van der Waals surface area contributed by atoms with E-state index in [9.17, 15) is 18.0 Å². The third kappa shape index (κ3) is 2.79. The minimum absolute atomic E-state index is 0.421. The summed E-state index contributed by atoms with van der Waals surface area (Å²) in [7, 11) is 1.02. The molecule has 1 heterocycles. The monoisotopic (exact) mass is 261 g/mol. The van der Waals surface area contributed by atoms with E-state index in [4.69, 9.17) is 11.0 Å². The van der Waals surface area contributed by atoms with Gasteiger partial charge in [-0.2, -0.15) is 5.26 Å². The van der Waals surface area contributed by atoms with E-state index < -0.39 is 35.0 Å². The average Bonchev–Trinajstić information content (AvgIpc) is 2.29. The van der Waals surface area contributed by atoms with Gasteiger partial charge >= 0.3 is 12.3 Å². The molecule has 1 aromatic rings. The number of esters is 1. The summed E-state index contributed by atoms with van der Waals surface area (Å²) in [6.45, 7) is 0. The molecule has 0 atom stereocenters. The summed E-state index contributed by atoms with van der Waals surface area (Å²) in [6.07, 6.45) is -4.22. The lowest BCUT2D eigenvalue weighted by molar-refractivity contribution is -0.274. The topological polar surface area (TPSA) is 98.2 Å². The third-order valence-corrected chi connectivity index (χ3v) is 1.80. The molecular formula is C9H6F3N3O3. The highest BCUT2D eigenvalue weighted by Gasteiger charge is 2.34. The Morgan fingerprint density at radius 2 is 2.17 bits per heavy atom. The fourth-order valence-corrected chi connectivity index (χ4v) is 1.08. The van der Waals surface area contributed by atoms with Crippen LogP contribution in [0, 0.1) is 11.3 Å². The van der Waals surface area contributed by atoms with Crippen molar-refractivity contribution >= 4 is 11.7 Å². The van der Waals surface area contributed by atoms with Gasteiger partial charge in [0.05, 0.1) is 12.8 Å². The van der Waals surface area contributed by atoms with E-state index in [0.29, 0.717) is 0 Å². The predicted octanol–water partition coefficient (Wildman–Crippen LogP) is 1.22. The lowest BCUT2D eigenvalue weighted by Crippen LogP contribution is -2.20. The number of nitrogens with two attached hydrogens (primary N) is 1. The molecule has 96 valence electrons. The number of rotatable bonds is 2. The maximum Gasteiger partial charge on any atom is 0.573 e. The largest absolute Gasteiger partial charge is 0.573 e. The van der Waals surface area contributed by atoms with Gasteiger partial charge in [0.2, 0.25) is 0 Å². The smallest absolute Gasteiger partial charge is 0.465 e. The number of nitrogen functional groups attached to an aromatic ring is 1. The number of nitriles is 1. The lowest BCUT2D eigenvalue weighted by Gasteiger charge is -2.13. The summed E-state index contributed by atoms with van der Waals surface area (Å²) in [5, 5.41) is 8.59. The Hall–Kier alpha value is -2.50. The van der Waals surface area contributed by atoms with E-state index in [2.05, 4.69) is 14.5 Å². The number of nitrogens with zero attached hydrogens (tertiary/aromatic N) is 2. The first-order valence-electron chi connectivity index (χ1n) is 4.32. The summed E-state index contributed by atoms with van der Waals surface area (Å²) in [5.41, 5.74) is 3.56. The Morgan fingerprint density at radius 3 is 2.61 bits per heavy atom. The molecule has 0 saturated heterocycles. The molecule has 0 unspecified atom stereocenters.